The van der Waals surface area contributed by atoms with E-state index in [0.29, 0.717) is 6.54 Å². The van der Waals surface area contributed by atoms with Gasteiger partial charge in [0.15, 0.2) is 5.96 Å². The van der Waals surface area contributed by atoms with E-state index in [1.807, 2.05) is 23.9 Å². The summed E-state index contributed by atoms with van der Waals surface area (Å²) in [6, 6.07) is 8.32. The first kappa shape index (κ1) is 22.0. The van der Waals surface area contributed by atoms with Crippen LogP contribution < -0.4 is 15.0 Å². The van der Waals surface area contributed by atoms with E-state index in [0.717, 1.165) is 57.3 Å². The Kier molecular flexibility index (Phi) is 7.60. The number of guanidine groups is 1. The Morgan fingerprint density at radius 1 is 1.07 bits per heavy atom. The van der Waals surface area contributed by atoms with E-state index >= 15 is 0 Å². The van der Waals surface area contributed by atoms with Crippen molar-refractivity contribution in [1.82, 2.24) is 20.0 Å². The average molecular weight is 413 g/mol. The number of anilines is 1. The largest absolute Gasteiger partial charge is 0.497 e. The Bertz CT molecular complexity index is 834. The van der Waals surface area contributed by atoms with Gasteiger partial charge >= 0.3 is 0 Å². The van der Waals surface area contributed by atoms with Gasteiger partial charge < -0.3 is 19.9 Å². The molecular formula is C23H36N6O. The lowest BCUT2D eigenvalue weighted by Gasteiger charge is -2.37. The Morgan fingerprint density at radius 2 is 1.77 bits per heavy atom. The second-order valence-corrected chi connectivity index (χ2v) is 7.54. The van der Waals surface area contributed by atoms with Gasteiger partial charge in [0.05, 0.1) is 19.3 Å². The topological polar surface area (TPSA) is 57.9 Å². The number of aliphatic imine (C=N–C) groups is 1. The maximum absolute atomic E-state index is 5.27. The van der Waals surface area contributed by atoms with E-state index in [1.54, 1.807) is 7.11 Å². The third-order valence-corrected chi connectivity index (χ3v) is 5.77. The molecule has 0 atom stereocenters. The third kappa shape index (κ3) is 4.89. The Morgan fingerprint density at radius 3 is 2.33 bits per heavy atom. The molecule has 164 valence electrons. The summed E-state index contributed by atoms with van der Waals surface area (Å²) >= 11 is 0. The normalized spacial score (nSPS) is 14.9. The van der Waals surface area contributed by atoms with Crippen LogP contribution in [0.3, 0.4) is 0 Å². The smallest absolute Gasteiger partial charge is 0.194 e. The highest BCUT2D eigenvalue weighted by atomic mass is 16.5. The summed E-state index contributed by atoms with van der Waals surface area (Å²) in [5.41, 5.74) is 4.98. The van der Waals surface area contributed by atoms with Crippen LogP contribution in [0, 0.1) is 0 Å². The van der Waals surface area contributed by atoms with Crippen LogP contribution in [-0.4, -0.2) is 60.5 Å². The summed E-state index contributed by atoms with van der Waals surface area (Å²) in [5, 5.41) is 8.18. The number of hydrogen-bond acceptors (Lipinski definition) is 4. The van der Waals surface area contributed by atoms with Gasteiger partial charge in [-0.1, -0.05) is 13.8 Å². The first-order chi connectivity index (χ1) is 14.6. The quantitative estimate of drug-likeness (QED) is 0.560. The molecule has 1 fully saturated rings. The molecule has 0 spiro atoms. The van der Waals surface area contributed by atoms with Crippen LogP contribution in [-0.2, 0) is 26.4 Å². The summed E-state index contributed by atoms with van der Waals surface area (Å²) < 4.78 is 7.29. The number of nitrogens with zero attached hydrogens (tertiary/aromatic N) is 5. The van der Waals surface area contributed by atoms with Crippen molar-refractivity contribution in [3.8, 4) is 5.75 Å². The van der Waals surface area contributed by atoms with E-state index in [2.05, 4.69) is 53.1 Å². The fraction of sp³-hybridized carbons (Fsp3) is 0.565. The van der Waals surface area contributed by atoms with Gasteiger partial charge in [-0.3, -0.25) is 4.68 Å². The zero-order valence-electron chi connectivity index (χ0n) is 19.1. The van der Waals surface area contributed by atoms with Gasteiger partial charge in [-0.2, -0.15) is 5.10 Å². The van der Waals surface area contributed by atoms with Crippen molar-refractivity contribution in [2.24, 2.45) is 12.0 Å². The molecule has 7 heteroatoms. The van der Waals surface area contributed by atoms with Crippen LogP contribution in [0.5, 0.6) is 5.75 Å². The summed E-state index contributed by atoms with van der Waals surface area (Å²) in [4.78, 5) is 9.80. The molecule has 0 unspecified atom stereocenters. The molecule has 30 heavy (non-hydrogen) atoms. The van der Waals surface area contributed by atoms with Crippen molar-refractivity contribution in [1.29, 1.82) is 0 Å². The van der Waals surface area contributed by atoms with Gasteiger partial charge in [-0.05, 0) is 44.0 Å². The maximum Gasteiger partial charge on any atom is 0.194 e. The number of rotatable bonds is 7. The second kappa shape index (κ2) is 10.4. The van der Waals surface area contributed by atoms with Crippen LogP contribution in [0.15, 0.2) is 29.3 Å². The van der Waals surface area contributed by atoms with Crippen LogP contribution >= 0.6 is 0 Å². The monoisotopic (exact) mass is 412 g/mol. The van der Waals surface area contributed by atoms with Crippen molar-refractivity contribution in [2.45, 2.75) is 40.2 Å². The molecule has 1 saturated heterocycles. The Labute approximate surface area is 180 Å². The molecule has 1 aliphatic rings. The fourth-order valence-corrected chi connectivity index (χ4v) is 4.12. The molecule has 2 aromatic rings. The number of benzene rings is 1. The Hall–Kier alpha value is -2.70. The van der Waals surface area contributed by atoms with Crippen molar-refractivity contribution >= 4 is 11.6 Å². The number of aryl methyl sites for hydroxylation is 2. The van der Waals surface area contributed by atoms with Gasteiger partial charge in [-0.25, -0.2) is 4.99 Å². The fourth-order valence-electron chi connectivity index (χ4n) is 4.12. The summed E-state index contributed by atoms with van der Waals surface area (Å²) in [6.07, 6.45) is 1.92. The number of ether oxygens (including phenoxy) is 1. The minimum atomic E-state index is 0.682. The van der Waals surface area contributed by atoms with Crippen molar-refractivity contribution in [3.05, 3.63) is 41.2 Å². The van der Waals surface area contributed by atoms with Crippen molar-refractivity contribution in [2.75, 3.05) is 44.7 Å². The number of aromatic nitrogens is 2. The van der Waals surface area contributed by atoms with Gasteiger partial charge in [0.25, 0.3) is 0 Å². The van der Waals surface area contributed by atoms with Crippen molar-refractivity contribution < 1.29 is 4.74 Å². The number of hydrogen-bond donors (Lipinski definition) is 1. The molecule has 0 radical (unpaired) electrons. The van der Waals surface area contributed by atoms with Gasteiger partial charge in [0.2, 0.25) is 0 Å². The zero-order valence-corrected chi connectivity index (χ0v) is 19.1. The van der Waals surface area contributed by atoms with Crippen LogP contribution in [0.1, 0.15) is 37.7 Å². The van der Waals surface area contributed by atoms with E-state index in [-0.39, 0.29) is 0 Å². The van der Waals surface area contributed by atoms with E-state index in [9.17, 15) is 0 Å². The molecule has 0 aliphatic carbocycles. The van der Waals surface area contributed by atoms with Crippen LogP contribution in [0.2, 0.25) is 0 Å². The van der Waals surface area contributed by atoms with E-state index < -0.39 is 0 Å². The molecule has 1 aliphatic heterocycles. The first-order valence-electron chi connectivity index (χ1n) is 11.1. The highest BCUT2D eigenvalue weighted by Gasteiger charge is 2.20. The number of piperazine rings is 1. The standard InChI is InChI=1S/C23H36N6O/c1-6-21-20(22(7-2)27(4)26-21)17-25-23(24-8-3)29-15-13-28(14-16-29)18-9-11-19(30-5)12-10-18/h9-12H,6-8,13-17H2,1-5H3,(H,24,25). The maximum atomic E-state index is 5.27. The number of methoxy groups -OCH3 is 1. The SMILES string of the molecule is CCNC(=NCc1c(CC)nn(C)c1CC)N1CCN(c2ccc(OC)cc2)CC1. The lowest BCUT2D eigenvalue weighted by molar-refractivity contribution is 0.372. The lowest BCUT2D eigenvalue weighted by atomic mass is 10.1. The van der Waals surface area contributed by atoms with Gasteiger partial charge in [0.1, 0.15) is 5.75 Å². The lowest BCUT2D eigenvalue weighted by Crippen LogP contribution is -2.52. The first-order valence-corrected chi connectivity index (χ1v) is 11.1. The molecule has 0 saturated carbocycles. The highest BCUT2D eigenvalue weighted by Crippen LogP contribution is 2.21. The van der Waals surface area contributed by atoms with Gasteiger partial charge in [-0.15, -0.1) is 0 Å². The molecule has 0 bridgehead atoms. The van der Waals surface area contributed by atoms with Crippen LogP contribution in [0.4, 0.5) is 5.69 Å². The van der Waals surface area contributed by atoms with Crippen molar-refractivity contribution in [3.63, 3.8) is 0 Å². The minimum absolute atomic E-state index is 0.682. The van der Waals surface area contributed by atoms with Gasteiger partial charge in [0, 0.05) is 56.7 Å². The Balaban J connectivity index is 1.68. The van der Waals surface area contributed by atoms with E-state index in [4.69, 9.17) is 9.73 Å². The zero-order chi connectivity index (χ0) is 21.5. The third-order valence-electron chi connectivity index (χ3n) is 5.77. The molecule has 7 nitrogen and oxygen atoms in total. The molecule has 1 aromatic heterocycles. The molecule has 1 N–H and O–H groups in total. The molecule has 1 aromatic carbocycles. The predicted octanol–water partition coefficient (Wildman–Crippen LogP) is 2.84. The summed E-state index contributed by atoms with van der Waals surface area (Å²) in [7, 11) is 3.74. The summed E-state index contributed by atoms with van der Waals surface area (Å²) in [6.45, 7) is 11.9. The van der Waals surface area contributed by atoms with Crippen LogP contribution in [0.25, 0.3) is 0 Å². The van der Waals surface area contributed by atoms with E-state index in [1.165, 1.54) is 22.6 Å². The molecule has 2 heterocycles. The minimum Gasteiger partial charge on any atom is -0.497 e. The summed E-state index contributed by atoms with van der Waals surface area (Å²) in [5.74, 6) is 1.90. The second-order valence-electron chi connectivity index (χ2n) is 7.54. The predicted molar refractivity (Wildman–Crippen MR) is 124 cm³/mol. The average Bonchev–Trinajstić information content (AvgIpc) is 3.11. The highest BCUT2D eigenvalue weighted by molar-refractivity contribution is 5.80. The molecule has 3 rings (SSSR count). The molecule has 0 amide bonds. The molecular weight excluding hydrogens is 376 g/mol. The number of nitrogens with one attached hydrogen (secondary N) is 1.